The molecule has 0 spiro atoms. The molecule has 0 aromatic heterocycles. The lowest BCUT2D eigenvalue weighted by Gasteiger charge is -2.15. The standard InChI is InChI=1S/C20H20F6N2O3S/c1-12(2)28-32(30,31)11-14-6-4-3-5-13(14)10-27-18(29)15-7-16(19(21,22)23)9-17(8-15)20(24,25)26/h3-9,12,28H,10-11H2,1-2H3,(H,27,29). The molecule has 0 unspecified atom stereocenters. The Morgan fingerprint density at radius 3 is 1.88 bits per heavy atom. The van der Waals surface area contributed by atoms with Gasteiger partial charge in [-0.25, -0.2) is 13.1 Å². The lowest BCUT2D eigenvalue weighted by molar-refractivity contribution is -0.143. The van der Waals surface area contributed by atoms with Crippen molar-refractivity contribution in [2.45, 2.75) is 44.5 Å². The van der Waals surface area contributed by atoms with Gasteiger partial charge in [0, 0.05) is 18.2 Å². The highest BCUT2D eigenvalue weighted by Crippen LogP contribution is 2.36. The maximum absolute atomic E-state index is 13.0. The molecule has 0 heterocycles. The van der Waals surface area contributed by atoms with Crippen LogP contribution < -0.4 is 10.0 Å². The van der Waals surface area contributed by atoms with Crippen LogP contribution in [0.3, 0.4) is 0 Å². The summed E-state index contributed by atoms with van der Waals surface area (Å²) in [5, 5.41) is 2.25. The van der Waals surface area contributed by atoms with Crippen molar-refractivity contribution in [2.24, 2.45) is 0 Å². The number of rotatable bonds is 7. The molecule has 0 radical (unpaired) electrons. The second kappa shape index (κ2) is 9.49. The summed E-state index contributed by atoms with van der Waals surface area (Å²) in [7, 11) is -3.70. The minimum Gasteiger partial charge on any atom is -0.348 e. The summed E-state index contributed by atoms with van der Waals surface area (Å²) in [6, 6.07) is 6.34. The van der Waals surface area contributed by atoms with E-state index in [2.05, 4.69) is 10.0 Å². The molecule has 12 heteroatoms. The number of carbonyl (C=O) groups excluding carboxylic acids is 1. The fraction of sp³-hybridized carbons (Fsp3) is 0.350. The van der Waals surface area contributed by atoms with Gasteiger partial charge >= 0.3 is 12.4 Å². The number of alkyl halides is 6. The van der Waals surface area contributed by atoms with Gasteiger partial charge in [0.05, 0.1) is 16.9 Å². The number of carbonyl (C=O) groups is 1. The Bertz CT molecular complexity index is 1050. The summed E-state index contributed by atoms with van der Waals surface area (Å²) in [6.45, 7) is 2.96. The molecule has 0 bridgehead atoms. The number of sulfonamides is 1. The number of hydrogen-bond acceptors (Lipinski definition) is 3. The predicted octanol–water partition coefficient (Wildman–Crippen LogP) is 4.48. The first-order chi connectivity index (χ1) is 14.6. The van der Waals surface area contributed by atoms with E-state index in [9.17, 15) is 39.6 Å². The molecule has 0 fully saturated rings. The van der Waals surface area contributed by atoms with Crippen molar-refractivity contribution in [3.05, 3.63) is 70.3 Å². The van der Waals surface area contributed by atoms with Crippen LogP contribution in [-0.2, 0) is 34.7 Å². The van der Waals surface area contributed by atoms with Crippen molar-refractivity contribution in [3.8, 4) is 0 Å². The van der Waals surface area contributed by atoms with Crippen molar-refractivity contribution < 1.29 is 39.6 Å². The summed E-state index contributed by atoms with van der Waals surface area (Å²) >= 11 is 0. The Hall–Kier alpha value is -2.60. The van der Waals surface area contributed by atoms with E-state index >= 15 is 0 Å². The molecule has 2 aromatic rings. The van der Waals surface area contributed by atoms with E-state index in [0.717, 1.165) is 0 Å². The second-order valence-corrected chi connectivity index (χ2v) is 9.03. The first-order valence-corrected chi connectivity index (χ1v) is 10.9. The normalized spacial score (nSPS) is 12.8. The molecule has 0 aliphatic heterocycles. The number of nitrogens with one attached hydrogen (secondary N) is 2. The monoisotopic (exact) mass is 482 g/mol. The number of hydrogen-bond donors (Lipinski definition) is 2. The molecule has 2 aromatic carbocycles. The Kier molecular flexibility index (Phi) is 7.61. The number of benzene rings is 2. The molecule has 5 nitrogen and oxygen atoms in total. The fourth-order valence-electron chi connectivity index (χ4n) is 2.84. The van der Waals surface area contributed by atoms with E-state index < -0.39 is 50.7 Å². The van der Waals surface area contributed by atoms with Crippen LogP contribution in [0, 0.1) is 0 Å². The van der Waals surface area contributed by atoms with Crippen LogP contribution in [0.15, 0.2) is 42.5 Å². The molecule has 0 aliphatic rings. The van der Waals surface area contributed by atoms with Gasteiger partial charge in [0.25, 0.3) is 5.91 Å². The quantitative estimate of drug-likeness (QED) is 0.572. The third-order valence-corrected chi connectivity index (χ3v) is 5.69. The van der Waals surface area contributed by atoms with Gasteiger partial charge in [-0.1, -0.05) is 24.3 Å². The maximum Gasteiger partial charge on any atom is 0.416 e. The van der Waals surface area contributed by atoms with Crippen LogP contribution in [0.25, 0.3) is 0 Å². The highest BCUT2D eigenvalue weighted by molar-refractivity contribution is 7.88. The zero-order chi connectivity index (χ0) is 24.3. The topological polar surface area (TPSA) is 75.3 Å². The minimum absolute atomic E-state index is 0.0708. The first-order valence-electron chi connectivity index (χ1n) is 9.23. The third-order valence-electron chi connectivity index (χ3n) is 4.17. The summed E-state index contributed by atoms with van der Waals surface area (Å²) in [4.78, 5) is 12.3. The van der Waals surface area contributed by atoms with E-state index in [-0.39, 0.29) is 18.7 Å². The predicted molar refractivity (Wildman–Crippen MR) is 105 cm³/mol. The average molecular weight is 482 g/mol. The van der Waals surface area contributed by atoms with Crippen LogP contribution in [0.2, 0.25) is 0 Å². The van der Waals surface area contributed by atoms with Gasteiger partial charge in [-0.2, -0.15) is 26.3 Å². The summed E-state index contributed by atoms with van der Waals surface area (Å²) in [5.41, 5.74) is -3.37. The van der Waals surface area contributed by atoms with E-state index in [0.29, 0.717) is 23.3 Å². The maximum atomic E-state index is 13.0. The number of halogens is 6. The van der Waals surface area contributed by atoms with E-state index in [1.807, 2.05) is 0 Å². The zero-order valence-electron chi connectivity index (χ0n) is 16.9. The minimum atomic E-state index is -5.08. The van der Waals surface area contributed by atoms with Crippen LogP contribution in [0.5, 0.6) is 0 Å². The van der Waals surface area contributed by atoms with Gasteiger partial charge in [0.2, 0.25) is 10.0 Å². The van der Waals surface area contributed by atoms with Crippen molar-refractivity contribution >= 4 is 15.9 Å². The summed E-state index contributed by atoms with van der Waals surface area (Å²) < 4.78 is 105. The van der Waals surface area contributed by atoms with Gasteiger partial charge in [0.1, 0.15) is 0 Å². The fourth-order valence-corrected chi connectivity index (χ4v) is 4.33. The summed E-state index contributed by atoms with van der Waals surface area (Å²) in [5.74, 6) is -1.58. The highest BCUT2D eigenvalue weighted by Gasteiger charge is 2.37. The van der Waals surface area contributed by atoms with Crippen molar-refractivity contribution in [3.63, 3.8) is 0 Å². The SMILES string of the molecule is CC(C)NS(=O)(=O)Cc1ccccc1CNC(=O)c1cc(C(F)(F)F)cc(C(F)(F)F)c1. The van der Waals surface area contributed by atoms with Gasteiger partial charge in [-0.05, 0) is 43.2 Å². The molecule has 0 saturated heterocycles. The highest BCUT2D eigenvalue weighted by atomic mass is 32.2. The molecule has 0 atom stereocenters. The first kappa shape index (κ1) is 25.7. The zero-order valence-corrected chi connectivity index (χ0v) is 17.8. The van der Waals surface area contributed by atoms with Crippen molar-refractivity contribution in [1.82, 2.24) is 10.0 Å². The number of amides is 1. The lowest BCUT2D eigenvalue weighted by Crippen LogP contribution is -2.32. The summed E-state index contributed by atoms with van der Waals surface area (Å²) in [6.07, 6.45) is -10.2. The average Bonchev–Trinajstić information content (AvgIpc) is 2.64. The van der Waals surface area contributed by atoms with Crippen LogP contribution in [0.1, 0.15) is 46.5 Å². The molecular formula is C20H20F6N2O3S. The Morgan fingerprint density at radius 1 is 0.906 bits per heavy atom. The molecule has 2 rings (SSSR count). The molecular weight excluding hydrogens is 462 g/mol. The molecule has 0 aliphatic carbocycles. The van der Waals surface area contributed by atoms with Gasteiger partial charge in [0.15, 0.2) is 0 Å². The largest absolute Gasteiger partial charge is 0.416 e. The van der Waals surface area contributed by atoms with E-state index in [4.69, 9.17) is 0 Å². The molecule has 2 N–H and O–H groups in total. The molecule has 32 heavy (non-hydrogen) atoms. The van der Waals surface area contributed by atoms with Gasteiger partial charge < -0.3 is 5.32 Å². The third kappa shape index (κ3) is 7.23. The molecule has 176 valence electrons. The Labute approximate surface area is 180 Å². The Balaban J connectivity index is 2.27. The van der Waals surface area contributed by atoms with Crippen LogP contribution in [0.4, 0.5) is 26.3 Å². The van der Waals surface area contributed by atoms with Crippen molar-refractivity contribution in [2.75, 3.05) is 0 Å². The molecule has 0 saturated carbocycles. The lowest BCUT2D eigenvalue weighted by atomic mass is 10.0. The van der Waals surface area contributed by atoms with Gasteiger partial charge in [-0.15, -0.1) is 0 Å². The molecule has 1 amide bonds. The second-order valence-electron chi connectivity index (χ2n) is 7.28. The van der Waals surface area contributed by atoms with Crippen molar-refractivity contribution in [1.29, 1.82) is 0 Å². The van der Waals surface area contributed by atoms with Crippen LogP contribution in [-0.4, -0.2) is 20.4 Å². The smallest absolute Gasteiger partial charge is 0.348 e. The Morgan fingerprint density at radius 2 is 1.41 bits per heavy atom. The van der Waals surface area contributed by atoms with E-state index in [1.54, 1.807) is 26.0 Å². The van der Waals surface area contributed by atoms with E-state index in [1.165, 1.54) is 12.1 Å². The van der Waals surface area contributed by atoms with Gasteiger partial charge in [-0.3, -0.25) is 4.79 Å². The van der Waals surface area contributed by atoms with Crippen LogP contribution >= 0.6 is 0 Å².